The Bertz CT molecular complexity index is 1020. The fraction of sp³-hybridized carbons (Fsp3) is 0.455. The highest BCUT2D eigenvalue weighted by Gasteiger charge is 2.25. The Hall–Kier alpha value is -2.78. The van der Waals surface area contributed by atoms with Crippen LogP contribution < -0.4 is 4.74 Å². The van der Waals surface area contributed by atoms with Gasteiger partial charge in [0, 0.05) is 63.2 Å². The van der Waals surface area contributed by atoms with E-state index >= 15 is 0 Å². The molecule has 4 rings (SSSR count). The molecule has 1 saturated heterocycles. The molecule has 1 aliphatic heterocycles. The lowest BCUT2D eigenvalue weighted by Gasteiger charge is -2.31. The Morgan fingerprint density at radius 3 is 2.87 bits per heavy atom. The van der Waals surface area contributed by atoms with Crippen molar-refractivity contribution in [1.29, 1.82) is 0 Å². The van der Waals surface area contributed by atoms with Crippen LogP contribution in [-0.2, 0) is 31.3 Å². The van der Waals surface area contributed by atoms with Gasteiger partial charge in [0.05, 0.1) is 25.1 Å². The van der Waals surface area contributed by atoms with Gasteiger partial charge in [0.25, 0.3) is 0 Å². The molecule has 0 radical (unpaired) electrons. The summed E-state index contributed by atoms with van der Waals surface area (Å²) in [6.45, 7) is 6.39. The molecule has 0 aliphatic carbocycles. The van der Waals surface area contributed by atoms with Crippen LogP contribution in [0, 0.1) is 11.6 Å². The molecule has 3 aromatic rings. The first kappa shape index (κ1) is 21.5. The number of morpholine rings is 1. The van der Waals surface area contributed by atoms with E-state index in [-0.39, 0.29) is 6.10 Å². The third kappa shape index (κ3) is 5.29. The lowest BCUT2D eigenvalue weighted by Crippen LogP contribution is -2.37. The van der Waals surface area contributed by atoms with Gasteiger partial charge in [-0.15, -0.1) is 0 Å². The molecule has 1 fully saturated rings. The number of nitrogens with zero attached hydrogens (tertiary/aromatic N) is 5. The zero-order chi connectivity index (χ0) is 21.8. The van der Waals surface area contributed by atoms with E-state index in [1.54, 1.807) is 0 Å². The lowest BCUT2D eigenvalue weighted by atomic mass is 10.1. The first-order valence-corrected chi connectivity index (χ1v) is 10.5. The number of rotatable bonds is 8. The zero-order valence-electron chi connectivity index (χ0n) is 17.8. The van der Waals surface area contributed by atoms with E-state index in [9.17, 15) is 8.78 Å². The smallest absolute Gasteiger partial charge is 0.162 e. The van der Waals surface area contributed by atoms with Crippen LogP contribution in [-0.4, -0.2) is 50.8 Å². The van der Waals surface area contributed by atoms with Crippen molar-refractivity contribution < 1.29 is 18.3 Å². The second kappa shape index (κ2) is 9.57. The Balaban J connectivity index is 1.33. The highest BCUT2D eigenvalue weighted by Crippen LogP contribution is 2.23. The fourth-order valence-electron chi connectivity index (χ4n) is 3.71. The first-order chi connectivity index (χ1) is 15.0. The molecule has 0 saturated carbocycles. The van der Waals surface area contributed by atoms with Crippen molar-refractivity contribution in [2.45, 2.75) is 32.5 Å². The van der Waals surface area contributed by atoms with Crippen molar-refractivity contribution in [3.05, 3.63) is 65.2 Å². The van der Waals surface area contributed by atoms with Crippen LogP contribution in [0.4, 0.5) is 8.78 Å². The van der Waals surface area contributed by atoms with Gasteiger partial charge in [0.2, 0.25) is 0 Å². The van der Waals surface area contributed by atoms with Gasteiger partial charge in [-0.1, -0.05) is 0 Å². The zero-order valence-corrected chi connectivity index (χ0v) is 17.8. The highest BCUT2D eigenvalue weighted by molar-refractivity contribution is 5.23. The Morgan fingerprint density at radius 1 is 1.23 bits per heavy atom. The summed E-state index contributed by atoms with van der Waals surface area (Å²) in [4.78, 5) is 2.35. The molecular formula is C22H27F2N5O2. The monoisotopic (exact) mass is 431 g/mol. The van der Waals surface area contributed by atoms with E-state index in [0.29, 0.717) is 25.4 Å². The van der Waals surface area contributed by atoms with Crippen LogP contribution in [0.1, 0.15) is 30.0 Å². The van der Waals surface area contributed by atoms with E-state index in [1.807, 2.05) is 28.7 Å². The van der Waals surface area contributed by atoms with E-state index in [0.717, 1.165) is 49.7 Å². The maximum atomic E-state index is 13.3. The van der Waals surface area contributed by atoms with Gasteiger partial charge in [-0.05, 0) is 25.1 Å². The predicted octanol–water partition coefficient (Wildman–Crippen LogP) is 3.11. The SMILES string of the molecule is CCn1cc(CN2CCO[C@H](c3cc(CCOc4ccc(F)c(F)c4)n(C)n3)C2)cn1. The predicted molar refractivity (Wildman–Crippen MR) is 111 cm³/mol. The van der Waals surface area contributed by atoms with Gasteiger partial charge < -0.3 is 9.47 Å². The molecule has 0 unspecified atom stereocenters. The van der Waals surface area contributed by atoms with Gasteiger partial charge in [0.15, 0.2) is 11.6 Å². The van der Waals surface area contributed by atoms with Gasteiger partial charge in [-0.3, -0.25) is 14.3 Å². The molecule has 7 nitrogen and oxygen atoms in total. The summed E-state index contributed by atoms with van der Waals surface area (Å²) in [6, 6.07) is 5.56. The number of benzene rings is 1. The maximum Gasteiger partial charge on any atom is 0.162 e. The largest absolute Gasteiger partial charge is 0.493 e. The molecule has 0 spiro atoms. The van der Waals surface area contributed by atoms with E-state index in [4.69, 9.17) is 9.47 Å². The highest BCUT2D eigenvalue weighted by atomic mass is 19.2. The molecule has 31 heavy (non-hydrogen) atoms. The average Bonchev–Trinajstić information content (AvgIpc) is 3.37. The molecule has 3 heterocycles. The second-order valence-corrected chi connectivity index (χ2v) is 7.66. The van der Waals surface area contributed by atoms with Crippen molar-refractivity contribution in [3.8, 4) is 5.75 Å². The fourth-order valence-corrected chi connectivity index (χ4v) is 3.71. The third-order valence-electron chi connectivity index (χ3n) is 5.41. The van der Waals surface area contributed by atoms with Gasteiger partial charge >= 0.3 is 0 Å². The molecule has 1 aliphatic rings. The van der Waals surface area contributed by atoms with Crippen molar-refractivity contribution in [2.75, 3.05) is 26.3 Å². The minimum atomic E-state index is -0.915. The Labute approximate surface area is 180 Å². The third-order valence-corrected chi connectivity index (χ3v) is 5.41. The van der Waals surface area contributed by atoms with Gasteiger partial charge in [0.1, 0.15) is 11.9 Å². The standard InChI is InChI=1S/C22H27F2N5O2/c1-3-29-14-16(12-25-29)13-28-7-9-31-22(15-28)21-10-17(27(2)26-21)6-8-30-18-4-5-19(23)20(24)11-18/h4-5,10-12,14,22H,3,6-9,13,15H2,1-2H3/t22-/m0/s1. The first-order valence-electron chi connectivity index (χ1n) is 10.5. The molecule has 0 bridgehead atoms. The summed E-state index contributed by atoms with van der Waals surface area (Å²) >= 11 is 0. The number of hydrogen-bond donors (Lipinski definition) is 0. The quantitative estimate of drug-likeness (QED) is 0.549. The van der Waals surface area contributed by atoms with Crippen LogP contribution in [0.25, 0.3) is 0 Å². The van der Waals surface area contributed by atoms with Crippen LogP contribution in [0.3, 0.4) is 0 Å². The molecule has 1 atom stereocenters. The van der Waals surface area contributed by atoms with Crippen LogP contribution in [0.5, 0.6) is 5.75 Å². The summed E-state index contributed by atoms with van der Waals surface area (Å²) in [5.41, 5.74) is 3.07. The van der Waals surface area contributed by atoms with Crippen molar-refractivity contribution in [1.82, 2.24) is 24.5 Å². The Morgan fingerprint density at radius 2 is 2.10 bits per heavy atom. The van der Waals surface area contributed by atoms with Gasteiger partial charge in [-0.25, -0.2) is 8.78 Å². The molecule has 0 amide bonds. The van der Waals surface area contributed by atoms with Crippen molar-refractivity contribution >= 4 is 0 Å². The normalized spacial score (nSPS) is 17.2. The molecular weight excluding hydrogens is 404 g/mol. The summed E-state index contributed by atoms with van der Waals surface area (Å²) in [5.74, 6) is -1.50. The second-order valence-electron chi connectivity index (χ2n) is 7.66. The molecule has 1 aromatic carbocycles. The lowest BCUT2D eigenvalue weighted by molar-refractivity contribution is -0.0352. The molecule has 2 aromatic heterocycles. The molecule has 0 N–H and O–H groups in total. The van der Waals surface area contributed by atoms with Crippen LogP contribution in [0.2, 0.25) is 0 Å². The Kier molecular flexibility index (Phi) is 6.62. The molecule has 9 heteroatoms. The summed E-state index contributed by atoms with van der Waals surface area (Å²) in [5, 5.41) is 8.97. The van der Waals surface area contributed by atoms with E-state index in [2.05, 4.69) is 28.2 Å². The molecule has 166 valence electrons. The van der Waals surface area contributed by atoms with Crippen LogP contribution >= 0.6 is 0 Å². The van der Waals surface area contributed by atoms with E-state index < -0.39 is 11.6 Å². The number of hydrogen-bond acceptors (Lipinski definition) is 5. The average molecular weight is 431 g/mol. The van der Waals surface area contributed by atoms with Crippen LogP contribution in [0.15, 0.2) is 36.7 Å². The summed E-state index contributed by atoms with van der Waals surface area (Å²) < 4.78 is 41.6. The summed E-state index contributed by atoms with van der Waals surface area (Å²) in [7, 11) is 1.89. The minimum Gasteiger partial charge on any atom is -0.493 e. The van der Waals surface area contributed by atoms with E-state index in [1.165, 1.54) is 11.6 Å². The number of aromatic nitrogens is 4. The number of aryl methyl sites for hydroxylation is 2. The number of ether oxygens (including phenoxy) is 2. The van der Waals surface area contributed by atoms with Crippen molar-refractivity contribution in [2.24, 2.45) is 7.05 Å². The van der Waals surface area contributed by atoms with Gasteiger partial charge in [-0.2, -0.15) is 10.2 Å². The topological polar surface area (TPSA) is 57.3 Å². The minimum absolute atomic E-state index is 0.0953. The van der Waals surface area contributed by atoms with Crippen molar-refractivity contribution in [3.63, 3.8) is 0 Å². The summed E-state index contributed by atoms with van der Waals surface area (Å²) in [6.07, 6.45) is 4.49. The maximum absolute atomic E-state index is 13.3. The number of halogens is 2.